The third-order valence-corrected chi connectivity index (χ3v) is 9.06. The number of carbonyl (C=O) groups is 2. The van der Waals surface area contributed by atoms with Crippen molar-refractivity contribution in [3.8, 4) is 5.75 Å². The van der Waals surface area contributed by atoms with Crippen molar-refractivity contribution in [2.45, 2.75) is 69.2 Å². The molecule has 1 aliphatic heterocycles. The van der Waals surface area contributed by atoms with Gasteiger partial charge in [-0.1, -0.05) is 26.2 Å². The fourth-order valence-electron chi connectivity index (χ4n) is 5.20. The zero-order valence-electron chi connectivity index (χ0n) is 22.5. The van der Waals surface area contributed by atoms with Crippen LogP contribution < -0.4 is 19.7 Å². The molecule has 4 rings (SSSR count). The maximum Gasteiger partial charge on any atom is 0.426 e. The summed E-state index contributed by atoms with van der Waals surface area (Å²) in [6.45, 7) is 2.48. The van der Waals surface area contributed by atoms with Crippen molar-refractivity contribution in [1.82, 2.24) is 5.32 Å². The molecule has 1 fully saturated rings. The summed E-state index contributed by atoms with van der Waals surface area (Å²) < 4.78 is 94.2. The average molecular weight is 602 g/mol. The van der Waals surface area contributed by atoms with Crippen LogP contribution in [-0.2, 0) is 19.6 Å². The molecule has 2 aliphatic rings. The normalized spacial score (nSPS) is 19.4. The van der Waals surface area contributed by atoms with E-state index in [1.165, 1.54) is 32.0 Å². The highest BCUT2D eigenvalue weighted by Crippen LogP contribution is 2.46. The maximum atomic E-state index is 13.9. The molecule has 2 amide bonds. The quantitative estimate of drug-likeness (QED) is 0.413. The largest absolute Gasteiger partial charge is 0.484 e. The van der Waals surface area contributed by atoms with E-state index >= 15 is 0 Å². The van der Waals surface area contributed by atoms with Crippen LogP contribution in [0.15, 0.2) is 47.4 Å². The van der Waals surface area contributed by atoms with Gasteiger partial charge in [0.1, 0.15) is 17.7 Å². The number of rotatable bonds is 7. The number of benzene rings is 2. The second kappa shape index (κ2) is 11.7. The summed E-state index contributed by atoms with van der Waals surface area (Å²) in [7, 11) is -4.29. The van der Waals surface area contributed by atoms with Crippen molar-refractivity contribution in [2.24, 2.45) is 5.41 Å². The zero-order chi connectivity index (χ0) is 30.0. The van der Waals surface area contributed by atoms with Crippen LogP contribution in [0.1, 0.15) is 46.0 Å². The lowest BCUT2D eigenvalue weighted by Gasteiger charge is -2.40. The third kappa shape index (κ3) is 7.03. The summed E-state index contributed by atoms with van der Waals surface area (Å²) in [6.07, 6.45) is -6.71. The molecule has 1 saturated carbocycles. The number of hydrogen-bond donors (Lipinski definition) is 2. The van der Waals surface area contributed by atoms with Crippen LogP contribution in [0.2, 0.25) is 0 Å². The first kappa shape index (κ1) is 30.4. The van der Waals surface area contributed by atoms with Gasteiger partial charge in [0.2, 0.25) is 12.0 Å². The lowest BCUT2D eigenvalue weighted by molar-refractivity contribution is -0.239. The van der Waals surface area contributed by atoms with E-state index in [2.05, 4.69) is 10.6 Å². The average Bonchev–Trinajstić information content (AvgIpc) is 2.90. The Bertz CT molecular complexity index is 1380. The van der Waals surface area contributed by atoms with Gasteiger partial charge >= 0.3 is 12.3 Å². The van der Waals surface area contributed by atoms with Crippen molar-refractivity contribution in [1.29, 1.82) is 0 Å². The molecular formula is C27H31F4N3O6S. The van der Waals surface area contributed by atoms with E-state index in [0.717, 1.165) is 35.0 Å². The molecule has 1 heterocycles. The van der Waals surface area contributed by atoms with Gasteiger partial charge in [0.05, 0.1) is 23.7 Å². The molecule has 14 heteroatoms. The topological polar surface area (TPSA) is 114 Å². The minimum atomic E-state index is -4.78. The molecule has 1 aliphatic carbocycles. The van der Waals surface area contributed by atoms with Gasteiger partial charge in [-0.2, -0.15) is 13.2 Å². The Morgan fingerprint density at radius 1 is 1.12 bits per heavy atom. The number of anilines is 2. The second-order valence-corrected chi connectivity index (χ2v) is 12.4. The van der Waals surface area contributed by atoms with Crippen LogP contribution in [0, 0.1) is 11.2 Å². The molecule has 41 heavy (non-hydrogen) atoms. The predicted octanol–water partition coefficient (Wildman–Crippen LogP) is 5.37. The fraction of sp³-hybridized carbons (Fsp3) is 0.481. The van der Waals surface area contributed by atoms with Gasteiger partial charge in [-0.25, -0.2) is 17.6 Å². The van der Waals surface area contributed by atoms with E-state index in [0.29, 0.717) is 12.8 Å². The van der Waals surface area contributed by atoms with Crippen LogP contribution in [0.4, 0.5) is 33.7 Å². The summed E-state index contributed by atoms with van der Waals surface area (Å²) in [5.41, 5.74) is -1.31. The molecule has 2 aromatic rings. The van der Waals surface area contributed by atoms with Gasteiger partial charge in [0, 0.05) is 18.0 Å². The maximum absolute atomic E-state index is 13.9. The zero-order valence-corrected chi connectivity index (χ0v) is 23.3. The van der Waals surface area contributed by atoms with E-state index in [9.17, 15) is 35.6 Å². The van der Waals surface area contributed by atoms with Gasteiger partial charge in [0.25, 0.3) is 10.0 Å². The predicted molar refractivity (Wildman–Crippen MR) is 142 cm³/mol. The van der Waals surface area contributed by atoms with Crippen LogP contribution in [0.3, 0.4) is 0 Å². The van der Waals surface area contributed by atoms with E-state index in [1.54, 1.807) is 0 Å². The standard InChI is InChI=1S/C27H31F4N3O6S/c1-17(35)32-15-20-16-34(41(37,38)21-9-6-18(28)7-10-21)22-14-19(8-11-23(22)39-20)33-25(36)40-24(27(29,30)31)26(2)12-4-3-5-13-26/h6-11,14,20,24H,3-5,12-13,15-16H2,1-2H3,(H,32,35)(H,33,36). The molecule has 0 bridgehead atoms. The molecule has 224 valence electrons. The van der Waals surface area contributed by atoms with Crippen LogP contribution in [0.5, 0.6) is 5.75 Å². The summed E-state index contributed by atoms with van der Waals surface area (Å²) >= 11 is 0. The molecule has 0 aromatic heterocycles. The molecule has 0 spiro atoms. The number of nitrogens with zero attached hydrogens (tertiary/aromatic N) is 1. The Kier molecular flexibility index (Phi) is 8.71. The van der Waals surface area contributed by atoms with E-state index in [1.807, 2.05) is 0 Å². The number of nitrogens with one attached hydrogen (secondary N) is 2. The van der Waals surface area contributed by atoms with E-state index in [-0.39, 0.29) is 53.9 Å². The van der Waals surface area contributed by atoms with Crippen molar-refractivity contribution in [3.63, 3.8) is 0 Å². The molecular weight excluding hydrogens is 570 g/mol. The van der Waals surface area contributed by atoms with Gasteiger partial charge in [-0.3, -0.25) is 14.4 Å². The Balaban J connectivity index is 1.61. The Hall–Kier alpha value is -3.55. The third-order valence-electron chi connectivity index (χ3n) is 7.27. The van der Waals surface area contributed by atoms with Crippen LogP contribution in [0.25, 0.3) is 0 Å². The Labute approximate surface area is 235 Å². The number of ether oxygens (including phenoxy) is 2. The highest BCUT2D eigenvalue weighted by Gasteiger charge is 2.54. The number of amides is 2. The fourth-order valence-corrected chi connectivity index (χ4v) is 6.69. The summed E-state index contributed by atoms with van der Waals surface area (Å²) in [6, 6.07) is 8.06. The van der Waals surface area contributed by atoms with Gasteiger partial charge < -0.3 is 14.8 Å². The molecule has 2 aromatic carbocycles. The van der Waals surface area contributed by atoms with Crippen LogP contribution in [-0.4, -0.2) is 51.9 Å². The lowest BCUT2D eigenvalue weighted by atomic mass is 9.71. The first-order valence-corrected chi connectivity index (χ1v) is 14.5. The van der Waals surface area contributed by atoms with Gasteiger partial charge in [-0.15, -0.1) is 0 Å². The Morgan fingerprint density at radius 2 is 1.78 bits per heavy atom. The van der Waals surface area contributed by atoms with Crippen molar-refractivity contribution >= 4 is 33.4 Å². The second-order valence-electron chi connectivity index (χ2n) is 10.5. The number of sulfonamides is 1. The lowest BCUT2D eigenvalue weighted by Crippen LogP contribution is -2.48. The summed E-state index contributed by atoms with van der Waals surface area (Å²) in [5.74, 6) is -0.914. The minimum absolute atomic E-state index is 0.0159. The number of alkyl halides is 3. The molecule has 2 N–H and O–H groups in total. The van der Waals surface area contributed by atoms with Crippen LogP contribution >= 0.6 is 0 Å². The van der Waals surface area contributed by atoms with Crippen molar-refractivity contribution in [3.05, 3.63) is 48.3 Å². The number of halogens is 4. The SMILES string of the molecule is CC(=O)NCC1CN(S(=O)(=O)c2ccc(F)cc2)c2cc(NC(=O)OC(C(F)(F)F)C3(C)CCCCC3)ccc2O1. The van der Waals surface area contributed by atoms with Gasteiger partial charge in [-0.05, 0) is 55.3 Å². The number of carbonyl (C=O) groups excluding carboxylic acids is 2. The first-order chi connectivity index (χ1) is 19.2. The first-order valence-electron chi connectivity index (χ1n) is 13.1. The number of fused-ring (bicyclic) bond motifs is 1. The molecule has 2 atom stereocenters. The molecule has 9 nitrogen and oxygen atoms in total. The monoisotopic (exact) mass is 601 g/mol. The smallest absolute Gasteiger partial charge is 0.426 e. The van der Waals surface area contributed by atoms with Gasteiger partial charge in [0.15, 0.2) is 0 Å². The van der Waals surface area contributed by atoms with Crippen molar-refractivity contribution < 1.29 is 45.0 Å². The summed E-state index contributed by atoms with van der Waals surface area (Å²) in [4.78, 5) is 23.9. The summed E-state index contributed by atoms with van der Waals surface area (Å²) in [5, 5.41) is 4.84. The minimum Gasteiger partial charge on any atom is -0.484 e. The molecule has 2 unspecified atom stereocenters. The highest BCUT2D eigenvalue weighted by atomic mass is 32.2. The highest BCUT2D eigenvalue weighted by molar-refractivity contribution is 7.92. The number of hydrogen-bond acceptors (Lipinski definition) is 6. The molecule has 0 radical (unpaired) electrons. The molecule has 0 saturated heterocycles. The van der Waals surface area contributed by atoms with E-state index < -0.39 is 45.7 Å². The van der Waals surface area contributed by atoms with E-state index in [4.69, 9.17) is 9.47 Å². The Morgan fingerprint density at radius 3 is 2.39 bits per heavy atom. The van der Waals surface area contributed by atoms with Crippen molar-refractivity contribution in [2.75, 3.05) is 22.7 Å².